The van der Waals surface area contributed by atoms with E-state index in [1.807, 2.05) is 42.5 Å². The minimum Gasteiger partial charge on any atom is -0.478 e. The summed E-state index contributed by atoms with van der Waals surface area (Å²) in [6.07, 6.45) is 0.655. The zero-order valence-corrected chi connectivity index (χ0v) is 15.2. The number of nitrogens with zero attached hydrogens (tertiary/aromatic N) is 2. The van der Waals surface area contributed by atoms with Gasteiger partial charge in [-0.1, -0.05) is 60.1 Å². The minimum absolute atomic E-state index is 0.245. The van der Waals surface area contributed by atoms with Gasteiger partial charge in [0.05, 0.1) is 23.1 Å². The van der Waals surface area contributed by atoms with Crippen LogP contribution in [0, 0.1) is 0 Å². The number of benzene rings is 3. The number of hydrogen-bond acceptors (Lipinski definition) is 2. The molecule has 0 spiro atoms. The highest BCUT2D eigenvalue weighted by Crippen LogP contribution is 2.24. The second kappa shape index (κ2) is 7.25. The Hall–Kier alpha value is -3.11. The van der Waals surface area contributed by atoms with Crippen LogP contribution in [0.4, 0.5) is 0 Å². The fourth-order valence-electron chi connectivity index (χ4n) is 3.19. The molecular formula is C22H17ClN2O2. The van der Waals surface area contributed by atoms with Crippen molar-refractivity contribution in [3.05, 3.63) is 100 Å². The second-order valence-electron chi connectivity index (χ2n) is 6.38. The third-order valence-corrected chi connectivity index (χ3v) is 4.93. The Labute approximate surface area is 161 Å². The molecule has 0 amide bonds. The Morgan fingerprint density at radius 2 is 1.74 bits per heavy atom. The third kappa shape index (κ3) is 3.57. The van der Waals surface area contributed by atoms with Crippen LogP contribution in [-0.2, 0) is 13.0 Å². The van der Waals surface area contributed by atoms with Gasteiger partial charge in [0, 0.05) is 11.4 Å². The highest BCUT2D eigenvalue weighted by molar-refractivity contribution is 6.31. The lowest BCUT2D eigenvalue weighted by atomic mass is 10.1. The molecular weight excluding hydrogens is 360 g/mol. The number of carboxylic acid groups (broad SMARTS) is 1. The maximum absolute atomic E-state index is 11.4. The fourth-order valence-corrected chi connectivity index (χ4v) is 3.39. The van der Waals surface area contributed by atoms with Crippen molar-refractivity contribution in [3.63, 3.8) is 0 Å². The van der Waals surface area contributed by atoms with E-state index in [0.717, 1.165) is 28.0 Å². The average Bonchev–Trinajstić information content (AvgIpc) is 3.00. The largest absolute Gasteiger partial charge is 0.478 e. The SMILES string of the molecule is O=C(O)c1ccc2nc(Cc3ccccc3)n(Cc3ccccc3Cl)c2c1. The van der Waals surface area contributed by atoms with Crippen molar-refractivity contribution in [3.8, 4) is 0 Å². The summed E-state index contributed by atoms with van der Waals surface area (Å²) in [6, 6.07) is 22.8. The van der Waals surface area contributed by atoms with E-state index in [4.69, 9.17) is 16.6 Å². The van der Waals surface area contributed by atoms with Gasteiger partial charge in [-0.3, -0.25) is 0 Å². The van der Waals surface area contributed by atoms with Crippen LogP contribution in [0.15, 0.2) is 72.8 Å². The molecule has 1 N–H and O–H groups in total. The topological polar surface area (TPSA) is 55.1 Å². The molecule has 1 aromatic heterocycles. The van der Waals surface area contributed by atoms with Crippen LogP contribution in [0.25, 0.3) is 11.0 Å². The van der Waals surface area contributed by atoms with Crippen molar-refractivity contribution in [1.82, 2.24) is 9.55 Å². The molecule has 4 aromatic rings. The minimum atomic E-state index is -0.952. The summed E-state index contributed by atoms with van der Waals surface area (Å²) in [7, 11) is 0. The van der Waals surface area contributed by atoms with Gasteiger partial charge in [-0.15, -0.1) is 0 Å². The van der Waals surface area contributed by atoms with Gasteiger partial charge in [-0.05, 0) is 35.4 Å². The molecule has 0 saturated carbocycles. The summed E-state index contributed by atoms with van der Waals surface area (Å²) < 4.78 is 2.05. The van der Waals surface area contributed by atoms with Gasteiger partial charge in [0.25, 0.3) is 0 Å². The molecule has 0 aliphatic heterocycles. The molecule has 4 nitrogen and oxygen atoms in total. The maximum Gasteiger partial charge on any atom is 0.335 e. The number of halogens is 1. The molecule has 0 aliphatic carbocycles. The number of carbonyl (C=O) groups is 1. The van der Waals surface area contributed by atoms with E-state index in [-0.39, 0.29) is 5.56 Å². The first kappa shape index (κ1) is 17.3. The standard InChI is InChI=1S/C22H17ClN2O2/c23-18-9-5-4-8-17(18)14-25-20-13-16(22(26)27)10-11-19(20)24-21(25)12-15-6-2-1-3-7-15/h1-11,13H,12,14H2,(H,26,27). The molecule has 134 valence electrons. The molecule has 0 unspecified atom stereocenters. The zero-order valence-electron chi connectivity index (χ0n) is 14.5. The van der Waals surface area contributed by atoms with Crippen molar-refractivity contribution in [1.29, 1.82) is 0 Å². The Morgan fingerprint density at radius 1 is 1.00 bits per heavy atom. The highest BCUT2D eigenvalue weighted by atomic mass is 35.5. The monoisotopic (exact) mass is 376 g/mol. The quantitative estimate of drug-likeness (QED) is 0.531. The van der Waals surface area contributed by atoms with Crippen molar-refractivity contribution in [2.75, 3.05) is 0 Å². The van der Waals surface area contributed by atoms with Gasteiger partial charge >= 0.3 is 5.97 Å². The number of fused-ring (bicyclic) bond motifs is 1. The molecule has 0 fully saturated rings. The zero-order chi connectivity index (χ0) is 18.8. The summed E-state index contributed by atoms with van der Waals surface area (Å²) in [5.74, 6) is -0.0781. The van der Waals surface area contributed by atoms with Crippen molar-refractivity contribution in [2.45, 2.75) is 13.0 Å². The van der Waals surface area contributed by atoms with E-state index >= 15 is 0 Å². The fraction of sp³-hybridized carbons (Fsp3) is 0.0909. The lowest BCUT2D eigenvalue weighted by Crippen LogP contribution is -2.07. The van der Waals surface area contributed by atoms with E-state index in [1.165, 1.54) is 0 Å². The summed E-state index contributed by atoms with van der Waals surface area (Å²) in [5, 5.41) is 10.0. The van der Waals surface area contributed by atoms with Crippen molar-refractivity contribution >= 4 is 28.6 Å². The van der Waals surface area contributed by atoms with Crippen LogP contribution in [0.5, 0.6) is 0 Å². The second-order valence-corrected chi connectivity index (χ2v) is 6.78. The molecule has 0 aliphatic rings. The summed E-state index contributed by atoms with van der Waals surface area (Å²) in [6.45, 7) is 0.529. The molecule has 0 atom stereocenters. The van der Waals surface area contributed by atoms with Crippen LogP contribution in [0.1, 0.15) is 27.3 Å². The van der Waals surface area contributed by atoms with E-state index in [9.17, 15) is 9.90 Å². The van der Waals surface area contributed by atoms with Gasteiger partial charge in [0.2, 0.25) is 0 Å². The summed E-state index contributed by atoms with van der Waals surface area (Å²) >= 11 is 6.36. The first-order valence-electron chi connectivity index (χ1n) is 8.61. The van der Waals surface area contributed by atoms with Crippen molar-refractivity contribution < 1.29 is 9.90 Å². The lowest BCUT2D eigenvalue weighted by Gasteiger charge is -2.11. The Kier molecular flexibility index (Phi) is 4.65. The van der Waals surface area contributed by atoms with Crippen LogP contribution < -0.4 is 0 Å². The van der Waals surface area contributed by atoms with Crippen LogP contribution in [0.2, 0.25) is 5.02 Å². The molecule has 0 radical (unpaired) electrons. The van der Waals surface area contributed by atoms with Gasteiger partial charge in [-0.25, -0.2) is 9.78 Å². The summed E-state index contributed by atoms with van der Waals surface area (Å²) in [5.41, 5.74) is 3.92. The van der Waals surface area contributed by atoms with E-state index in [2.05, 4.69) is 16.7 Å². The lowest BCUT2D eigenvalue weighted by molar-refractivity contribution is 0.0697. The highest BCUT2D eigenvalue weighted by Gasteiger charge is 2.15. The number of rotatable bonds is 5. The molecule has 1 heterocycles. The molecule has 27 heavy (non-hydrogen) atoms. The summed E-state index contributed by atoms with van der Waals surface area (Å²) in [4.78, 5) is 16.2. The van der Waals surface area contributed by atoms with Crippen LogP contribution >= 0.6 is 11.6 Å². The van der Waals surface area contributed by atoms with Gasteiger partial charge in [-0.2, -0.15) is 0 Å². The van der Waals surface area contributed by atoms with E-state index in [1.54, 1.807) is 18.2 Å². The Bertz CT molecular complexity index is 1120. The maximum atomic E-state index is 11.4. The normalized spacial score (nSPS) is 11.0. The molecule has 0 saturated heterocycles. The van der Waals surface area contributed by atoms with Gasteiger partial charge < -0.3 is 9.67 Å². The number of aromatic nitrogens is 2. The van der Waals surface area contributed by atoms with Gasteiger partial charge in [0.15, 0.2) is 0 Å². The number of aromatic carboxylic acids is 1. The van der Waals surface area contributed by atoms with Gasteiger partial charge in [0.1, 0.15) is 5.82 Å². The predicted molar refractivity (Wildman–Crippen MR) is 106 cm³/mol. The first-order chi connectivity index (χ1) is 13.1. The third-order valence-electron chi connectivity index (χ3n) is 4.57. The molecule has 4 rings (SSSR count). The smallest absolute Gasteiger partial charge is 0.335 e. The van der Waals surface area contributed by atoms with Crippen molar-refractivity contribution in [2.24, 2.45) is 0 Å². The van der Waals surface area contributed by atoms with E-state index in [0.29, 0.717) is 18.0 Å². The van der Waals surface area contributed by atoms with E-state index < -0.39 is 5.97 Å². The Morgan fingerprint density at radius 3 is 2.48 bits per heavy atom. The number of carboxylic acids is 1. The van der Waals surface area contributed by atoms with Crippen LogP contribution in [-0.4, -0.2) is 20.6 Å². The number of imidazole rings is 1. The molecule has 0 bridgehead atoms. The predicted octanol–water partition coefficient (Wildman–Crippen LogP) is 5.03. The average molecular weight is 377 g/mol. The Balaban J connectivity index is 1.85. The van der Waals surface area contributed by atoms with Crippen LogP contribution in [0.3, 0.4) is 0 Å². The first-order valence-corrected chi connectivity index (χ1v) is 8.99. The number of hydrogen-bond donors (Lipinski definition) is 1. The molecule has 3 aromatic carbocycles. The molecule has 5 heteroatoms.